The second-order valence-corrected chi connectivity index (χ2v) is 4.36. The summed E-state index contributed by atoms with van der Waals surface area (Å²) in [6.45, 7) is 0. The van der Waals surface area contributed by atoms with E-state index in [0.29, 0.717) is 6.42 Å². The van der Waals surface area contributed by atoms with Gasteiger partial charge in [-0.25, -0.2) is 0 Å². The Bertz CT molecular complexity index is 409. The molecular formula is C10H12N2O3S. The average Bonchev–Trinajstić information content (AvgIpc) is 2.56. The number of amides is 1. The molecule has 0 atom stereocenters. The highest BCUT2D eigenvalue weighted by molar-refractivity contribution is 7.94. The highest BCUT2D eigenvalue weighted by atomic mass is 32.2. The van der Waals surface area contributed by atoms with E-state index in [1.54, 1.807) is 14.1 Å². The number of carbonyl (C=O) groups is 1. The van der Waals surface area contributed by atoms with E-state index < -0.39 is 0 Å². The van der Waals surface area contributed by atoms with Crippen molar-refractivity contribution in [3.8, 4) is 0 Å². The maximum atomic E-state index is 11.1. The fraction of sp³-hybridized carbons (Fsp3) is 0.300. The van der Waals surface area contributed by atoms with E-state index in [1.165, 1.54) is 5.06 Å². The summed E-state index contributed by atoms with van der Waals surface area (Å²) in [7, 11) is 3.46. The van der Waals surface area contributed by atoms with Gasteiger partial charge in [0.25, 0.3) is 0 Å². The third kappa shape index (κ3) is 2.73. The van der Waals surface area contributed by atoms with Gasteiger partial charge < -0.3 is 5.32 Å². The minimum atomic E-state index is 0.0302. The summed E-state index contributed by atoms with van der Waals surface area (Å²) >= 11 is 1.11. The number of hydrogen-bond acceptors (Lipinski definition) is 5. The number of benzene rings is 1. The molecule has 1 heterocycles. The van der Waals surface area contributed by atoms with Gasteiger partial charge in [-0.15, -0.1) is 9.32 Å². The second-order valence-electron chi connectivity index (χ2n) is 3.58. The van der Waals surface area contributed by atoms with Crippen LogP contribution in [-0.4, -0.2) is 25.1 Å². The van der Waals surface area contributed by atoms with Crippen LogP contribution >= 0.6 is 12.0 Å². The topological polar surface area (TPSA) is 50.8 Å². The third-order valence-electron chi connectivity index (χ3n) is 2.01. The minimum Gasteiger partial charge on any atom is -0.326 e. The molecule has 0 bridgehead atoms. The maximum absolute atomic E-state index is 11.1. The van der Waals surface area contributed by atoms with Crippen LogP contribution in [-0.2, 0) is 20.5 Å². The normalized spacial score (nSPS) is 14.1. The number of hydroxylamine groups is 2. The lowest BCUT2D eigenvalue weighted by atomic mass is 10.2. The van der Waals surface area contributed by atoms with Crippen LogP contribution < -0.4 is 5.32 Å². The van der Waals surface area contributed by atoms with Crippen LogP contribution in [0, 0.1) is 0 Å². The van der Waals surface area contributed by atoms with Gasteiger partial charge in [-0.1, -0.05) is 0 Å². The fourth-order valence-electron chi connectivity index (χ4n) is 1.37. The molecule has 0 aromatic heterocycles. The van der Waals surface area contributed by atoms with E-state index in [2.05, 4.69) is 5.32 Å². The van der Waals surface area contributed by atoms with Gasteiger partial charge in [0.2, 0.25) is 5.91 Å². The van der Waals surface area contributed by atoms with Gasteiger partial charge in [-0.3, -0.25) is 4.79 Å². The maximum Gasteiger partial charge on any atom is 0.228 e. The Morgan fingerprint density at radius 2 is 2.25 bits per heavy atom. The molecule has 0 spiro atoms. The van der Waals surface area contributed by atoms with Crippen molar-refractivity contribution in [3.63, 3.8) is 0 Å². The molecule has 0 saturated carbocycles. The van der Waals surface area contributed by atoms with Crippen molar-refractivity contribution in [1.29, 1.82) is 0 Å². The molecule has 1 aromatic rings. The summed E-state index contributed by atoms with van der Waals surface area (Å²) in [6.07, 6.45) is 0.429. The minimum absolute atomic E-state index is 0.0302. The first-order valence-corrected chi connectivity index (χ1v) is 5.51. The predicted octanol–water partition coefficient (Wildman–Crippen LogP) is 1.61. The average molecular weight is 240 g/mol. The van der Waals surface area contributed by atoms with Gasteiger partial charge in [0.15, 0.2) is 0 Å². The number of rotatable bonds is 4. The Morgan fingerprint density at radius 3 is 3.00 bits per heavy atom. The first-order valence-electron chi connectivity index (χ1n) is 4.76. The highest BCUT2D eigenvalue weighted by Crippen LogP contribution is 2.28. The number of nitrogens with zero attached hydrogens (tertiary/aromatic N) is 1. The standard InChI is InChI=1S/C10H12N2O3S/c1-12(2)14-15-16-8-3-4-9-7(5-8)6-10(13)11-9/h3-5H,6H2,1-2H3,(H,11,13). The van der Waals surface area contributed by atoms with Gasteiger partial charge in [0.05, 0.1) is 18.5 Å². The van der Waals surface area contributed by atoms with Gasteiger partial charge in [0.1, 0.15) is 0 Å². The zero-order valence-electron chi connectivity index (χ0n) is 9.02. The lowest BCUT2D eigenvalue weighted by molar-refractivity contribution is -0.340. The van der Waals surface area contributed by atoms with Crippen molar-refractivity contribution >= 4 is 23.6 Å². The lowest BCUT2D eigenvalue weighted by Gasteiger charge is -2.07. The summed E-state index contributed by atoms with van der Waals surface area (Å²) in [5.41, 5.74) is 1.87. The monoisotopic (exact) mass is 240 g/mol. The zero-order chi connectivity index (χ0) is 11.5. The van der Waals surface area contributed by atoms with Crippen LogP contribution in [0.1, 0.15) is 5.56 Å². The number of nitrogens with one attached hydrogen (secondary N) is 1. The van der Waals surface area contributed by atoms with Crippen molar-refractivity contribution < 1.29 is 14.1 Å². The molecule has 86 valence electrons. The smallest absolute Gasteiger partial charge is 0.228 e. The SMILES string of the molecule is CN(C)OOSc1ccc2c(c1)CC(=O)N2. The summed E-state index contributed by atoms with van der Waals surface area (Å²) < 4.78 is 4.90. The molecule has 1 aromatic carbocycles. The van der Waals surface area contributed by atoms with Crippen LogP contribution in [0.4, 0.5) is 5.69 Å². The Morgan fingerprint density at radius 1 is 1.44 bits per heavy atom. The molecule has 2 rings (SSSR count). The molecule has 0 radical (unpaired) electrons. The van der Waals surface area contributed by atoms with Crippen molar-refractivity contribution in [2.75, 3.05) is 19.4 Å². The Labute approximate surface area is 97.8 Å². The Kier molecular flexibility index (Phi) is 3.45. The summed E-state index contributed by atoms with van der Waals surface area (Å²) in [4.78, 5) is 16.8. The van der Waals surface area contributed by atoms with E-state index in [-0.39, 0.29) is 5.91 Å². The summed E-state index contributed by atoms with van der Waals surface area (Å²) in [6, 6.07) is 5.65. The van der Waals surface area contributed by atoms with Gasteiger partial charge in [-0.2, -0.15) is 5.06 Å². The highest BCUT2D eigenvalue weighted by Gasteiger charge is 2.17. The van der Waals surface area contributed by atoms with Gasteiger partial charge in [-0.05, 0) is 23.8 Å². The molecule has 16 heavy (non-hydrogen) atoms. The fourth-order valence-corrected chi connectivity index (χ4v) is 1.92. The molecule has 5 nitrogen and oxygen atoms in total. The second kappa shape index (κ2) is 4.84. The van der Waals surface area contributed by atoms with E-state index in [1.807, 2.05) is 18.2 Å². The lowest BCUT2D eigenvalue weighted by Crippen LogP contribution is -2.10. The van der Waals surface area contributed by atoms with Crippen molar-refractivity contribution in [3.05, 3.63) is 23.8 Å². The molecule has 6 heteroatoms. The first kappa shape index (κ1) is 11.4. The molecule has 1 aliphatic rings. The van der Waals surface area contributed by atoms with Crippen LogP contribution in [0.25, 0.3) is 0 Å². The molecule has 0 saturated heterocycles. The van der Waals surface area contributed by atoms with E-state index in [4.69, 9.17) is 9.32 Å². The molecule has 1 aliphatic heterocycles. The van der Waals surface area contributed by atoms with E-state index >= 15 is 0 Å². The van der Waals surface area contributed by atoms with Gasteiger partial charge in [0, 0.05) is 24.7 Å². The largest absolute Gasteiger partial charge is 0.326 e. The van der Waals surface area contributed by atoms with Crippen LogP contribution in [0.5, 0.6) is 0 Å². The molecule has 1 N–H and O–H groups in total. The van der Waals surface area contributed by atoms with Crippen molar-refractivity contribution in [2.45, 2.75) is 11.3 Å². The Balaban J connectivity index is 1.97. The molecule has 0 fully saturated rings. The number of carbonyl (C=O) groups excluding carboxylic acids is 1. The summed E-state index contributed by atoms with van der Waals surface area (Å²) in [5, 5.41) is 4.22. The van der Waals surface area contributed by atoms with Crippen LogP contribution in [0.2, 0.25) is 0 Å². The quantitative estimate of drug-likeness (QED) is 0.492. The third-order valence-corrected chi connectivity index (χ3v) is 2.59. The van der Waals surface area contributed by atoms with Gasteiger partial charge >= 0.3 is 0 Å². The molecule has 0 unspecified atom stereocenters. The van der Waals surface area contributed by atoms with Crippen LogP contribution in [0.15, 0.2) is 23.1 Å². The van der Waals surface area contributed by atoms with Crippen molar-refractivity contribution in [2.24, 2.45) is 0 Å². The number of anilines is 1. The molecule has 0 aliphatic carbocycles. The first-order chi connectivity index (χ1) is 7.65. The van der Waals surface area contributed by atoms with Crippen molar-refractivity contribution in [1.82, 2.24) is 5.06 Å². The number of hydrogen-bond donors (Lipinski definition) is 1. The zero-order valence-corrected chi connectivity index (χ0v) is 9.84. The molecular weight excluding hydrogens is 228 g/mol. The van der Waals surface area contributed by atoms with E-state index in [9.17, 15) is 4.79 Å². The number of fused-ring (bicyclic) bond motifs is 1. The molecule has 1 amide bonds. The Hall–Kier alpha value is -1.08. The predicted molar refractivity (Wildman–Crippen MR) is 60.5 cm³/mol. The van der Waals surface area contributed by atoms with Crippen LogP contribution in [0.3, 0.4) is 0 Å². The summed E-state index contributed by atoms with van der Waals surface area (Å²) in [5.74, 6) is 0.0302. The van der Waals surface area contributed by atoms with E-state index in [0.717, 1.165) is 28.2 Å².